The zero-order valence-corrected chi connectivity index (χ0v) is 16.3. The first-order chi connectivity index (χ1) is 12.4. The Kier molecular flexibility index (Phi) is 7.05. The first kappa shape index (κ1) is 20.3. The minimum absolute atomic E-state index is 0.0763. The summed E-state index contributed by atoms with van der Waals surface area (Å²) in [7, 11) is 0. The lowest BCUT2D eigenvalue weighted by atomic mass is 9.78. The van der Waals surface area contributed by atoms with E-state index < -0.39 is 5.60 Å². The second-order valence-corrected chi connectivity index (χ2v) is 7.22. The van der Waals surface area contributed by atoms with Crippen molar-refractivity contribution in [2.24, 2.45) is 5.92 Å². The van der Waals surface area contributed by atoms with Gasteiger partial charge in [-0.05, 0) is 64.0 Å². The Bertz CT molecular complexity index is 658. The van der Waals surface area contributed by atoms with E-state index in [2.05, 4.69) is 18.3 Å². The number of benzene rings is 1. The van der Waals surface area contributed by atoms with Crippen molar-refractivity contribution in [3.63, 3.8) is 0 Å². The van der Waals surface area contributed by atoms with Crippen molar-refractivity contribution in [1.29, 1.82) is 5.26 Å². The van der Waals surface area contributed by atoms with Crippen LogP contribution in [0.25, 0.3) is 0 Å². The van der Waals surface area contributed by atoms with Crippen LogP contribution in [0.5, 0.6) is 5.75 Å². The number of hydrogen-bond donors (Lipinski definition) is 1. The van der Waals surface area contributed by atoms with Gasteiger partial charge < -0.3 is 14.8 Å². The van der Waals surface area contributed by atoms with Crippen LogP contribution in [0.15, 0.2) is 18.2 Å². The van der Waals surface area contributed by atoms with E-state index in [9.17, 15) is 10.1 Å². The number of carbonyl (C=O) groups excluding carboxylic acids is 1. The highest BCUT2D eigenvalue weighted by Crippen LogP contribution is 2.36. The second kappa shape index (κ2) is 9.05. The van der Waals surface area contributed by atoms with Crippen molar-refractivity contribution >= 4 is 11.6 Å². The van der Waals surface area contributed by atoms with Crippen LogP contribution >= 0.6 is 0 Å². The average molecular weight is 358 g/mol. The van der Waals surface area contributed by atoms with Gasteiger partial charge in [-0.1, -0.05) is 13.8 Å². The monoisotopic (exact) mass is 358 g/mol. The molecule has 2 rings (SSSR count). The van der Waals surface area contributed by atoms with E-state index in [0.717, 1.165) is 19.3 Å². The molecule has 26 heavy (non-hydrogen) atoms. The summed E-state index contributed by atoms with van der Waals surface area (Å²) in [5.74, 6) is 1.10. The van der Waals surface area contributed by atoms with Gasteiger partial charge in [0.25, 0.3) is 5.91 Å². The predicted octanol–water partition coefficient (Wildman–Crippen LogP) is 4.66. The quantitative estimate of drug-likeness (QED) is 0.769. The Morgan fingerprint density at radius 2 is 2.08 bits per heavy atom. The zero-order chi connectivity index (χ0) is 19.2. The SMILES string of the molecule is CCOC1(C(=O)Nc2ccc(O[C@H](C)CC)cc2C#N)CCC(C)CC1. The third-order valence-electron chi connectivity index (χ3n) is 5.19. The van der Waals surface area contributed by atoms with Gasteiger partial charge >= 0.3 is 0 Å². The molecular weight excluding hydrogens is 328 g/mol. The summed E-state index contributed by atoms with van der Waals surface area (Å²) in [6.45, 7) is 8.64. The summed E-state index contributed by atoms with van der Waals surface area (Å²) in [5.41, 5.74) is 0.113. The number of nitrogens with one attached hydrogen (secondary N) is 1. The van der Waals surface area contributed by atoms with E-state index in [-0.39, 0.29) is 12.0 Å². The minimum Gasteiger partial charge on any atom is -0.491 e. The number of hydrogen-bond acceptors (Lipinski definition) is 4. The number of rotatable bonds is 7. The van der Waals surface area contributed by atoms with Crippen LogP contribution in [-0.4, -0.2) is 24.2 Å². The van der Waals surface area contributed by atoms with Crippen molar-refractivity contribution in [2.75, 3.05) is 11.9 Å². The van der Waals surface area contributed by atoms with Crippen molar-refractivity contribution in [2.45, 2.75) is 71.5 Å². The van der Waals surface area contributed by atoms with Gasteiger partial charge in [-0.15, -0.1) is 0 Å². The predicted molar refractivity (Wildman–Crippen MR) is 102 cm³/mol. The lowest BCUT2D eigenvalue weighted by Crippen LogP contribution is -2.48. The summed E-state index contributed by atoms with van der Waals surface area (Å²) >= 11 is 0. The fourth-order valence-corrected chi connectivity index (χ4v) is 3.29. The van der Waals surface area contributed by atoms with Gasteiger partial charge in [0.1, 0.15) is 17.4 Å². The number of nitrogens with zero attached hydrogens (tertiary/aromatic N) is 1. The van der Waals surface area contributed by atoms with Crippen molar-refractivity contribution in [3.05, 3.63) is 23.8 Å². The molecule has 0 saturated heterocycles. The van der Waals surface area contributed by atoms with Gasteiger partial charge in [0.05, 0.1) is 17.4 Å². The van der Waals surface area contributed by atoms with Crippen LogP contribution in [0.1, 0.15) is 65.4 Å². The van der Waals surface area contributed by atoms with Crippen LogP contribution in [0.3, 0.4) is 0 Å². The minimum atomic E-state index is -0.792. The maximum atomic E-state index is 13.0. The molecule has 1 N–H and O–H groups in total. The first-order valence-corrected chi connectivity index (χ1v) is 9.60. The van der Waals surface area contributed by atoms with Gasteiger partial charge in [0, 0.05) is 12.7 Å². The van der Waals surface area contributed by atoms with Gasteiger partial charge in [-0.2, -0.15) is 5.26 Å². The van der Waals surface area contributed by atoms with E-state index in [1.165, 1.54) is 0 Å². The fourth-order valence-electron chi connectivity index (χ4n) is 3.29. The number of anilines is 1. The molecule has 0 bridgehead atoms. The Labute approximate surface area is 156 Å². The van der Waals surface area contributed by atoms with Gasteiger partial charge in [0.15, 0.2) is 0 Å². The third kappa shape index (κ3) is 4.76. The molecule has 0 aromatic heterocycles. The first-order valence-electron chi connectivity index (χ1n) is 9.60. The van der Waals surface area contributed by atoms with Crippen LogP contribution in [-0.2, 0) is 9.53 Å². The van der Waals surface area contributed by atoms with E-state index in [1.54, 1.807) is 18.2 Å². The lowest BCUT2D eigenvalue weighted by molar-refractivity contribution is -0.146. The van der Waals surface area contributed by atoms with Gasteiger partial charge in [-0.3, -0.25) is 4.79 Å². The molecule has 0 heterocycles. The molecule has 0 unspecified atom stereocenters. The smallest absolute Gasteiger partial charge is 0.256 e. The highest BCUT2D eigenvalue weighted by atomic mass is 16.5. The average Bonchev–Trinajstić information content (AvgIpc) is 2.64. The van der Waals surface area contributed by atoms with Crippen molar-refractivity contribution in [1.82, 2.24) is 0 Å². The molecule has 5 nitrogen and oxygen atoms in total. The summed E-state index contributed by atoms with van der Waals surface area (Å²) in [5, 5.41) is 12.4. The molecule has 142 valence electrons. The Balaban J connectivity index is 2.18. The van der Waals surface area contributed by atoms with Gasteiger partial charge in [-0.25, -0.2) is 0 Å². The van der Waals surface area contributed by atoms with E-state index in [4.69, 9.17) is 9.47 Å². The Hall–Kier alpha value is -2.06. The molecule has 1 aliphatic rings. The number of nitriles is 1. The van der Waals surface area contributed by atoms with Gasteiger partial charge in [0.2, 0.25) is 0 Å². The number of carbonyl (C=O) groups is 1. The molecule has 1 aromatic rings. The van der Waals surface area contributed by atoms with E-state index in [1.807, 2.05) is 20.8 Å². The van der Waals surface area contributed by atoms with Crippen LogP contribution in [0, 0.1) is 17.2 Å². The van der Waals surface area contributed by atoms with Crippen molar-refractivity contribution in [3.8, 4) is 11.8 Å². The molecule has 1 saturated carbocycles. The van der Waals surface area contributed by atoms with Crippen molar-refractivity contribution < 1.29 is 14.3 Å². The highest BCUT2D eigenvalue weighted by molar-refractivity contribution is 5.98. The lowest BCUT2D eigenvalue weighted by Gasteiger charge is -2.37. The molecule has 1 amide bonds. The van der Waals surface area contributed by atoms with Crippen LogP contribution in [0.4, 0.5) is 5.69 Å². The van der Waals surface area contributed by atoms with E-state index in [0.29, 0.717) is 42.4 Å². The normalized spacial score (nSPS) is 23.7. The summed E-state index contributed by atoms with van der Waals surface area (Å²) < 4.78 is 11.7. The second-order valence-electron chi connectivity index (χ2n) is 7.22. The molecule has 1 aliphatic carbocycles. The molecular formula is C21H30N2O3. The highest BCUT2D eigenvalue weighted by Gasteiger charge is 2.42. The largest absolute Gasteiger partial charge is 0.491 e. The zero-order valence-electron chi connectivity index (χ0n) is 16.3. The summed E-state index contributed by atoms with van der Waals surface area (Å²) in [6, 6.07) is 7.36. The molecule has 0 spiro atoms. The maximum Gasteiger partial charge on any atom is 0.256 e. The summed E-state index contributed by atoms with van der Waals surface area (Å²) in [6.07, 6.45) is 4.33. The molecule has 1 atom stereocenters. The molecule has 0 aliphatic heterocycles. The fraction of sp³-hybridized carbons (Fsp3) is 0.619. The summed E-state index contributed by atoms with van der Waals surface area (Å²) in [4.78, 5) is 13.0. The van der Waals surface area contributed by atoms with Crippen LogP contribution in [0.2, 0.25) is 0 Å². The molecule has 1 fully saturated rings. The molecule has 1 aromatic carbocycles. The Morgan fingerprint density at radius 3 is 2.65 bits per heavy atom. The standard InChI is InChI=1S/C21H30N2O3/c1-5-16(4)26-18-7-8-19(17(13-18)14-22)23-20(24)21(25-6-2)11-9-15(3)10-12-21/h7-8,13,15-16H,5-6,9-12H2,1-4H3,(H,23,24)/t15?,16-,21?/m1/s1. The van der Waals surface area contributed by atoms with E-state index >= 15 is 0 Å². The molecule has 0 radical (unpaired) electrons. The van der Waals surface area contributed by atoms with Crippen LogP contribution < -0.4 is 10.1 Å². The number of ether oxygens (including phenoxy) is 2. The number of amides is 1. The maximum absolute atomic E-state index is 13.0. The topological polar surface area (TPSA) is 71.3 Å². The Morgan fingerprint density at radius 1 is 1.38 bits per heavy atom. The third-order valence-corrected chi connectivity index (χ3v) is 5.19. The molecule has 5 heteroatoms.